The van der Waals surface area contributed by atoms with Gasteiger partial charge in [0.25, 0.3) is 10.0 Å². The Hall–Kier alpha value is -1.91. The topological polar surface area (TPSA) is 101 Å². The van der Waals surface area contributed by atoms with Gasteiger partial charge in [0.2, 0.25) is 10.0 Å². The quantitative estimate of drug-likeness (QED) is 0.846. The van der Waals surface area contributed by atoms with E-state index in [0.717, 1.165) is 4.31 Å². The lowest BCUT2D eigenvalue weighted by Gasteiger charge is -2.14. The summed E-state index contributed by atoms with van der Waals surface area (Å²) in [4.78, 5) is 4.00. The van der Waals surface area contributed by atoms with Gasteiger partial charge in [-0.05, 0) is 31.5 Å². The van der Waals surface area contributed by atoms with Crippen LogP contribution in [0.1, 0.15) is 11.4 Å². The number of aryl methyl sites for hydroxylation is 3. The molecule has 0 radical (unpaired) electrons. The zero-order valence-electron chi connectivity index (χ0n) is 14.1. The Bertz CT molecular complexity index is 957. The maximum atomic E-state index is 12.5. The van der Waals surface area contributed by atoms with Gasteiger partial charge in [0, 0.05) is 27.3 Å². The SMILES string of the molecule is Cc1ccc(S(=O)(=O)N(C)C)cc1NS(=O)(=O)c1cn(C)c(C)n1. The van der Waals surface area contributed by atoms with Crippen molar-refractivity contribution < 1.29 is 16.8 Å². The Balaban J connectivity index is 2.46. The van der Waals surface area contributed by atoms with Gasteiger partial charge in [-0.15, -0.1) is 0 Å². The van der Waals surface area contributed by atoms with E-state index in [1.54, 1.807) is 31.5 Å². The number of imidazole rings is 1. The molecular formula is C14H20N4O4S2. The first kappa shape index (κ1) is 18.4. The highest BCUT2D eigenvalue weighted by Crippen LogP contribution is 2.24. The second kappa shape index (κ2) is 6.19. The average Bonchev–Trinajstić information content (AvgIpc) is 2.81. The van der Waals surface area contributed by atoms with E-state index in [1.807, 2.05) is 0 Å². The maximum absolute atomic E-state index is 12.5. The molecule has 1 heterocycles. The van der Waals surface area contributed by atoms with Crippen LogP contribution in [0, 0.1) is 13.8 Å². The van der Waals surface area contributed by atoms with E-state index in [-0.39, 0.29) is 15.6 Å². The lowest BCUT2D eigenvalue weighted by molar-refractivity contribution is 0.520. The third-order valence-corrected chi connectivity index (χ3v) is 6.64. The molecule has 2 rings (SSSR count). The van der Waals surface area contributed by atoms with Crippen molar-refractivity contribution in [1.29, 1.82) is 0 Å². The van der Waals surface area contributed by atoms with Gasteiger partial charge in [0.05, 0.1) is 10.6 Å². The summed E-state index contributed by atoms with van der Waals surface area (Å²) in [6.07, 6.45) is 1.40. The average molecular weight is 372 g/mol. The van der Waals surface area contributed by atoms with Crippen LogP contribution in [0.15, 0.2) is 34.3 Å². The normalized spacial score (nSPS) is 12.6. The van der Waals surface area contributed by atoms with E-state index in [4.69, 9.17) is 0 Å². The fourth-order valence-corrected chi connectivity index (χ4v) is 4.03. The largest absolute Gasteiger partial charge is 0.337 e. The summed E-state index contributed by atoms with van der Waals surface area (Å²) in [7, 11) is -3.05. The van der Waals surface area contributed by atoms with Gasteiger partial charge < -0.3 is 4.57 Å². The summed E-state index contributed by atoms with van der Waals surface area (Å²) in [5, 5.41) is -0.122. The predicted molar refractivity (Wildman–Crippen MR) is 90.8 cm³/mol. The number of nitrogens with one attached hydrogen (secondary N) is 1. The minimum absolute atomic E-state index is 0.00741. The smallest absolute Gasteiger partial charge is 0.280 e. The number of rotatable bonds is 5. The van der Waals surface area contributed by atoms with Crippen molar-refractivity contribution >= 4 is 25.7 Å². The number of nitrogens with zero attached hydrogens (tertiary/aromatic N) is 3. The molecule has 1 aromatic heterocycles. The minimum Gasteiger partial charge on any atom is -0.337 e. The molecule has 0 aliphatic heterocycles. The zero-order chi connectivity index (χ0) is 18.3. The number of hydrogen-bond donors (Lipinski definition) is 1. The zero-order valence-corrected chi connectivity index (χ0v) is 15.7. The minimum atomic E-state index is -3.91. The van der Waals surface area contributed by atoms with Crippen LogP contribution in [-0.4, -0.2) is 44.8 Å². The molecule has 8 nitrogen and oxygen atoms in total. The van der Waals surface area contributed by atoms with Crippen LogP contribution >= 0.6 is 0 Å². The molecule has 0 saturated carbocycles. The van der Waals surface area contributed by atoms with Crippen molar-refractivity contribution in [3.05, 3.63) is 35.8 Å². The van der Waals surface area contributed by atoms with Crippen LogP contribution in [0.5, 0.6) is 0 Å². The summed E-state index contributed by atoms with van der Waals surface area (Å²) in [5.41, 5.74) is 0.796. The number of sulfonamides is 2. The molecule has 0 fully saturated rings. The van der Waals surface area contributed by atoms with Gasteiger partial charge in [0.15, 0.2) is 5.03 Å². The van der Waals surface area contributed by atoms with E-state index in [2.05, 4.69) is 9.71 Å². The predicted octanol–water partition coefficient (Wildman–Crippen LogP) is 1.09. The molecule has 24 heavy (non-hydrogen) atoms. The van der Waals surface area contributed by atoms with Crippen LogP contribution in [0.2, 0.25) is 0 Å². The second-order valence-corrected chi connectivity index (χ2v) is 9.39. The molecular weight excluding hydrogens is 352 g/mol. The molecule has 10 heteroatoms. The number of anilines is 1. The van der Waals surface area contributed by atoms with Crippen molar-refractivity contribution in [3.63, 3.8) is 0 Å². The highest BCUT2D eigenvalue weighted by Gasteiger charge is 2.22. The Morgan fingerprint density at radius 2 is 1.75 bits per heavy atom. The van der Waals surface area contributed by atoms with Crippen molar-refractivity contribution in [2.24, 2.45) is 7.05 Å². The molecule has 0 amide bonds. The van der Waals surface area contributed by atoms with Gasteiger partial charge in [-0.1, -0.05) is 6.07 Å². The fraction of sp³-hybridized carbons (Fsp3) is 0.357. The molecule has 132 valence electrons. The molecule has 0 bridgehead atoms. The third-order valence-electron chi connectivity index (χ3n) is 3.59. The standard InChI is InChI=1S/C14H20N4O4S2/c1-10-6-7-12(24(21,22)17(3)4)8-13(10)16-23(19,20)14-9-18(5)11(2)15-14/h6-9,16H,1-5H3. The second-order valence-electron chi connectivity index (χ2n) is 5.61. The van der Waals surface area contributed by atoms with E-state index < -0.39 is 20.0 Å². The van der Waals surface area contributed by atoms with Gasteiger partial charge >= 0.3 is 0 Å². The summed E-state index contributed by atoms with van der Waals surface area (Å²) in [6, 6.07) is 4.29. The van der Waals surface area contributed by atoms with Gasteiger partial charge in [-0.3, -0.25) is 4.72 Å². The van der Waals surface area contributed by atoms with Crippen LogP contribution < -0.4 is 4.72 Å². The van der Waals surface area contributed by atoms with Crippen molar-refractivity contribution in [2.75, 3.05) is 18.8 Å². The first-order valence-corrected chi connectivity index (χ1v) is 9.93. The Morgan fingerprint density at radius 3 is 2.25 bits per heavy atom. The fourth-order valence-electron chi connectivity index (χ4n) is 1.94. The van der Waals surface area contributed by atoms with E-state index in [9.17, 15) is 16.8 Å². The first-order valence-electron chi connectivity index (χ1n) is 7.01. The highest BCUT2D eigenvalue weighted by atomic mass is 32.2. The van der Waals surface area contributed by atoms with Crippen molar-refractivity contribution in [1.82, 2.24) is 13.9 Å². The van der Waals surface area contributed by atoms with Gasteiger partial charge in [-0.25, -0.2) is 17.7 Å². The Morgan fingerprint density at radius 1 is 1.12 bits per heavy atom. The van der Waals surface area contributed by atoms with Crippen LogP contribution in [-0.2, 0) is 27.1 Å². The molecule has 0 saturated heterocycles. The third kappa shape index (κ3) is 3.45. The summed E-state index contributed by atoms with van der Waals surface area (Å²) < 4.78 is 54.4. The summed E-state index contributed by atoms with van der Waals surface area (Å²) in [5.74, 6) is 0.552. The Labute approximate surface area is 142 Å². The first-order chi connectivity index (χ1) is 10.9. The molecule has 2 aromatic rings. The van der Waals surface area contributed by atoms with Crippen molar-refractivity contribution in [2.45, 2.75) is 23.8 Å². The maximum Gasteiger partial charge on any atom is 0.280 e. The van der Waals surface area contributed by atoms with E-state index >= 15 is 0 Å². The van der Waals surface area contributed by atoms with Crippen LogP contribution in [0.4, 0.5) is 5.69 Å². The van der Waals surface area contributed by atoms with Crippen molar-refractivity contribution in [3.8, 4) is 0 Å². The lowest BCUT2D eigenvalue weighted by Crippen LogP contribution is -2.22. The molecule has 1 aromatic carbocycles. The van der Waals surface area contributed by atoms with Crippen LogP contribution in [0.25, 0.3) is 0 Å². The summed E-state index contributed by atoms with van der Waals surface area (Å²) in [6.45, 7) is 3.38. The van der Waals surface area contributed by atoms with Gasteiger partial charge in [0.1, 0.15) is 5.82 Å². The molecule has 0 spiro atoms. The molecule has 0 atom stereocenters. The number of hydrogen-bond acceptors (Lipinski definition) is 5. The molecule has 1 N–H and O–H groups in total. The monoisotopic (exact) mass is 372 g/mol. The Kier molecular flexibility index (Phi) is 4.75. The molecule has 0 aliphatic rings. The number of benzene rings is 1. The van der Waals surface area contributed by atoms with E-state index in [0.29, 0.717) is 11.4 Å². The van der Waals surface area contributed by atoms with Gasteiger partial charge in [-0.2, -0.15) is 8.42 Å². The highest BCUT2D eigenvalue weighted by molar-refractivity contribution is 7.92. The lowest BCUT2D eigenvalue weighted by atomic mass is 10.2. The van der Waals surface area contributed by atoms with Crippen LogP contribution in [0.3, 0.4) is 0 Å². The molecule has 0 unspecified atom stereocenters. The van der Waals surface area contributed by atoms with E-state index in [1.165, 1.54) is 32.4 Å². The number of aromatic nitrogens is 2. The summed E-state index contributed by atoms with van der Waals surface area (Å²) >= 11 is 0. The molecule has 0 aliphatic carbocycles.